The van der Waals surface area contributed by atoms with Crippen molar-refractivity contribution in [2.75, 3.05) is 6.54 Å². The maximum atomic E-state index is 12.7. The zero-order chi connectivity index (χ0) is 15.8. The summed E-state index contributed by atoms with van der Waals surface area (Å²) in [6.07, 6.45) is -5.11. The molecule has 0 aliphatic carbocycles. The summed E-state index contributed by atoms with van der Waals surface area (Å²) in [5, 5.41) is 12.0. The smallest absolute Gasteiger partial charge is 0.392 e. The van der Waals surface area contributed by atoms with Crippen molar-refractivity contribution in [3.05, 3.63) is 35.5 Å². The van der Waals surface area contributed by atoms with Gasteiger partial charge < -0.3 is 15.0 Å². The first-order valence-electron chi connectivity index (χ1n) is 6.33. The molecular formula is C14H15F3N2O2. The van der Waals surface area contributed by atoms with Crippen molar-refractivity contribution in [3.8, 4) is 0 Å². The number of halogens is 3. The molecule has 4 nitrogen and oxygen atoms in total. The number of nitrogens with zero attached hydrogens (tertiary/aromatic N) is 1. The number of hydrogen-bond donors (Lipinski definition) is 2. The monoisotopic (exact) mass is 300 g/mol. The number of carbonyl (C=O) groups excluding carboxylic acids is 1. The molecule has 0 aliphatic rings. The van der Waals surface area contributed by atoms with Crippen LogP contribution in [0.15, 0.2) is 24.3 Å². The van der Waals surface area contributed by atoms with E-state index in [2.05, 4.69) is 5.32 Å². The number of aryl methyl sites for hydroxylation is 1. The third kappa shape index (κ3) is 3.18. The Labute approximate surface area is 119 Å². The van der Waals surface area contributed by atoms with Crippen molar-refractivity contribution in [1.82, 2.24) is 9.88 Å². The fourth-order valence-electron chi connectivity index (χ4n) is 2.07. The van der Waals surface area contributed by atoms with Crippen LogP contribution in [0.25, 0.3) is 10.9 Å². The lowest BCUT2D eigenvalue weighted by Gasteiger charge is -2.08. The van der Waals surface area contributed by atoms with Gasteiger partial charge in [-0.25, -0.2) is 0 Å². The number of hydrogen-bond acceptors (Lipinski definition) is 2. The number of aliphatic hydroxyl groups excluding tert-OH is 1. The van der Waals surface area contributed by atoms with E-state index >= 15 is 0 Å². The van der Waals surface area contributed by atoms with Crippen LogP contribution in [0.4, 0.5) is 13.2 Å². The van der Waals surface area contributed by atoms with Crippen molar-refractivity contribution < 1.29 is 23.1 Å². The third-order valence-corrected chi connectivity index (χ3v) is 3.16. The highest BCUT2D eigenvalue weighted by atomic mass is 19.4. The standard InChI is InChI=1S/C14H15F3N2O2/c1-8(20)7-18-13(21)12-6-9-5-10(14(15,16)17)3-4-11(9)19(12)2/h3-6,8,20H,7H2,1-2H3,(H,18,21). The molecule has 1 atom stereocenters. The highest BCUT2D eigenvalue weighted by Crippen LogP contribution is 2.32. The van der Waals surface area contributed by atoms with Crippen LogP contribution in [0, 0.1) is 0 Å². The van der Waals surface area contributed by atoms with Gasteiger partial charge in [0.05, 0.1) is 11.7 Å². The maximum Gasteiger partial charge on any atom is 0.416 e. The van der Waals surface area contributed by atoms with Gasteiger partial charge in [-0.1, -0.05) is 0 Å². The van der Waals surface area contributed by atoms with E-state index in [1.807, 2.05) is 0 Å². The van der Waals surface area contributed by atoms with E-state index in [1.165, 1.54) is 23.6 Å². The van der Waals surface area contributed by atoms with E-state index < -0.39 is 23.8 Å². The van der Waals surface area contributed by atoms with E-state index in [-0.39, 0.29) is 12.2 Å². The molecule has 1 aromatic carbocycles. The molecule has 0 saturated heterocycles. The largest absolute Gasteiger partial charge is 0.416 e. The van der Waals surface area contributed by atoms with E-state index in [4.69, 9.17) is 5.11 Å². The molecule has 2 aromatic rings. The summed E-state index contributed by atoms with van der Waals surface area (Å²) in [7, 11) is 1.60. The molecule has 7 heteroatoms. The Kier molecular flexibility index (Phi) is 3.95. The average Bonchev–Trinajstić information content (AvgIpc) is 2.72. The summed E-state index contributed by atoms with van der Waals surface area (Å²) < 4.78 is 39.6. The fourth-order valence-corrected chi connectivity index (χ4v) is 2.07. The molecule has 0 aliphatic heterocycles. The van der Waals surface area contributed by atoms with Crippen LogP contribution in [0.5, 0.6) is 0 Å². The topological polar surface area (TPSA) is 54.3 Å². The molecule has 0 spiro atoms. The van der Waals surface area contributed by atoms with Gasteiger partial charge in [0.2, 0.25) is 0 Å². The van der Waals surface area contributed by atoms with E-state index in [9.17, 15) is 18.0 Å². The molecule has 1 unspecified atom stereocenters. The molecule has 0 fully saturated rings. The number of aromatic nitrogens is 1. The van der Waals surface area contributed by atoms with Gasteiger partial charge in [-0.3, -0.25) is 4.79 Å². The van der Waals surface area contributed by atoms with Crippen LogP contribution >= 0.6 is 0 Å². The molecule has 2 rings (SSSR count). The summed E-state index contributed by atoms with van der Waals surface area (Å²) in [6, 6.07) is 4.74. The Morgan fingerprint density at radius 3 is 2.62 bits per heavy atom. The number of aliphatic hydroxyl groups is 1. The summed E-state index contributed by atoms with van der Waals surface area (Å²) in [5.74, 6) is -0.442. The molecular weight excluding hydrogens is 285 g/mol. The van der Waals surface area contributed by atoms with Crippen molar-refractivity contribution in [2.24, 2.45) is 7.05 Å². The second-order valence-electron chi connectivity index (χ2n) is 4.92. The van der Waals surface area contributed by atoms with Gasteiger partial charge in [-0.2, -0.15) is 13.2 Å². The lowest BCUT2D eigenvalue weighted by atomic mass is 10.1. The molecule has 0 bridgehead atoms. The zero-order valence-corrected chi connectivity index (χ0v) is 11.5. The molecule has 0 saturated carbocycles. The van der Waals surface area contributed by atoms with Crippen molar-refractivity contribution in [1.29, 1.82) is 0 Å². The minimum Gasteiger partial charge on any atom is -0.392 e. The quantitative estimate of drug-likeness (QED) is 0.914. The van der Waals surface area contributed by atoms with Crippen LogP contribution < -0.4 is 5.32 Å². The SMILES string of the molecule is CC(O)CNC(=O)c1cc2cc(C(F)(F)F)ccc2n1C. The maximum absolute atomic E-state index is 12.7. The normalized spacial score (nSPS) is 13.4. The number of amides is 1. The van der Waals surface area contributed by atoms with E-state index in [0.29, 0.717) is 10.9 Å². The number of carbonyl (C=O) groups is 1. The number of fused-ring (bicyclic) bond motifs is 1. The van der Waals surface area contributed by atoms with E-state index in [0.717, 1.165) is 12.1 Å². The second kappa shape index (κ2) is 5.40. The van der Waals surface area contributed by atoms with Crippen LogP contribution in [-0.2, 0) is 13.2 Å². The number of alkyl halides is 3. The van der Waals surface area contributed by atoms with Crippen molar-refractivity contribution >= 4 is 16.8 Å². The van der Waals surface area contributed by atoms with E-state index in [1.54, 1.807) is 7.05 Å². The number of rotatable bonds is 3. The molecule has 0 radical (unpaired) electrons. The van der Waals surface area contributed by atoms with Gasteiger partial charge >= 0.3 is 6.18 Å². The first-order valence-corrected chi connectivity index (χ1v) is 6.33. The van der Waals surface area contributed by atoms with Crippen LogP contribution in [0.1, 0.15) is 23.0 Å². The van der Waals surface area contributed by atoms with Gasteiger partial charge in [0.1, 0.15) is 5.69 Å². The number of benzene rings is 1. The van der Waals surface area contributed by atoms with Crippen LogP contribution in [0.3, 0.4) is 0 Å². The predicted octanol–water partition coefficient (Wildman–Crippen LogP) is 2.31. The lowest BCUT2D eigenvalue weighted by molar-refractivity contribution is -0.137. The Hall–Kier alpha value is -2.02. The number of nitrogens with one attached hydrogen (secondary N) is 1. The minimum atomic E-state index is -4.42. The second-order valence-corrected chi connectivity index (χ2v) is 4.92. The highest BCUT2D eigenvalue weighted by molar-refractivity contribution is 5.98. The Bertz CT molecular complexity index is 675. The zero-order valence-electron chi connectivity index (χ0n) is 11.5. The summed E-state index contributed by atoms with van der Waals surface area (Å²) >= 11 is 0. The summed E-state index contributed by atoms with van der Waals surface area (Å²) in [5.41, 5.74) is 0.0201. The molecule has 1 heterocycles. The third-order valence-electron chi connectivity index (χ3n) is 3.16. The van der Waals surface area contributed by atoms with Crippen LogP contribution in [-0.4, -0.2) is 28.2 Å². The van der Waals surface area contributed by atoms with Crippen molar-refractivity contribution in [2.45, 2.75) is 19.2 Å². The molecule has 1 aromatic heterocycles. The predicted molar refractivity (Wildman–Crippen MR) is 71.9 cm³/mol. The van der Waals surface area contributed by atoms with Gasteiger partial charge in [0, 0.05) is 24.5 Å². The molecule has 21 heavy (non-hydrogen) atoms. The fraction of sp³-hybridized carbons (Fsp3) is 0.357. The lowest BCUT2D eigenvalue weighted by Crippen LogP contribution is -2.31. The molecule has 2 N–H and O–H groups in total. The summed E-state index contributed by atoms with van der Waals surface area (Å²) in [4.78, 5) is 12.0. The molecule has 114 valence electrons. The van der Waals surface area contributed by atoms with Gasteiger partial charge in [-0.05, 0) is 31.2 Å². The Balaban J connectivity index is 2.39. The molecule has 1 amide bonds. The first kappa shape index (κ1) is 15.4. The van der Waals surface area contributed by atoms with Crippen molar-refractivity contribution in [3.63, 3.8) is 0 Å². The average molecular weight is 300 g/mol. The minimum absolute atomic E-state index is 0.0775. The van der Waals surface area contributed by atoms with Gasteiger partial charge in [0.15, 0.2) is 0 Å². The first-order chi connectivity index (χ1) is 9.70. The van der Waals surface area contributed by atoms with Crippen LogP contribution in [0.2, 0.25) is 0 Å². The Morgan fingerprint density at radius 2 is 2.05 bits per heavy atom. The van der Waals surface area contributed by atoms with Gasteiger partial charge in [0.25, 0.3) is 5.91 Å². The van der Waals surface area contributed by atoms with Gasteiger partial charge in [-0.15, -0.1) is 0 Å². The Morgan fingerprint density at radius 1 is 1.38 bits per heavy atom. The summed E-state index contributed by atoms with van der Waals surface area (Å²) in [6.45, 7) is 1.60. The highest BCUT2D eigenvalue weighted by Gasteiger charge is 2.30.